The number of nitrogens with one attached hydrogen (secondary N) is 1. The molecule has 0 radical (unpaired) electrons. The normalized spacial score (nSPS) is 20.5. The van der Waals surface area contributed by atoms with E-state index in [-0.39, 0.29) is 11.4 Å². The average molecular weight is 296 g/mol. The Labute approximate surface area is 131 Å². The van der Waals surface area contributed by atoms with Gasteiger partial charge in [-0.25, -0.2) is 0 Å². The van der Waals surface area contributed by atoms with Gasteiger partial charge in [0.15, 0.2) is 0 Å². The Morgan fingerprint density at radius 1 is 1.19 bits per heavy atom. The monoisotopic (exact) mass is 296 g/mol. The van der Waals surface area contributed by atoms with Crippen LogP contribution in [-0.4, -0.2) is 35.5 Å². The molecule has 1 amide bonds. The molecule has 3 heteroatoms. The summed E-state index contributed by atoms with van der Waals surface area (Å²) in [5.41, 5.74) is -0.0671. The van der Waals surface area contributed by atoms with Crippen molar-refractivity contribution in [3.05, 3.63) is 0 Å². The van der Waals surface area contributed by atoms with Gasteiger partial charge >= 0.3 is 0 Å². The van der Waals surface area contributed by atoms with E-state index in [0.717, 1.165) is 13.0 Å². The molecular weight excluding hydrogens is 260 g/mol. The first-order valence-electron chi connectivity index (χ1n) is 8.99. The van der Waals surface area contributed by atoms with Crippen molar-refractivity contribution in [2.24, 2.45) is 0 Å². The molecule has 1 heterocycles. The highest BCUT2D eigenvalue weighted by atomic mass is 16.2. The van der Waals surface area contributed by atoms with Crippen LogP contribution in [0.5, 0.6) is 0 Å². The van der Waals surface area contributed by atoms with Gasteiger partial charge in [0.25, 0.3) is 0 Å². The minimum absolute atomic E-state index is 0.0671. The van der Waals surface area contributed by atoms with Crippen molar-refractivity contribution in [2.45, 2.75) is 97.1 Å². The topological polar surface area (TPSA) is 32.3 Å². The molecule has 124 valence electrons. The number of amides is 1. The Morgan fingerprint density at radius 3 is 2.57 bits per heavy atom. The van der Waals surface area contributed by atoms with Crippen LogP contribution in [0.1, 0.15) is 85.5 Å². The van der Waals surface area contributed by atoms with Gasteiger partial charge in [0.2, 0.25) is 5.91 Å². The molecule has 1 saturated heterocycles. The third-order valence-corrected chi connectivity index (χ3v) is 4.67. The summed E-state index contributed by atoms with van der Waals surface area (Å²) in [6.07, 6.45) is 11.3. The molecule has 1 atom stereocenters. The fourth-order valence-corrected chi connectivity index (χ4v) is 3.23. The van der Waals surface area contributed by atoms with Crippen molar-refractivity contribution in [1.82, 2.24) is 10.2 Å². The number of carbonyl (C=O) groups is 1. The van der Waals surface area contributed by atoms with Crippen molar-refractivity contribution >= 4 is 5.91 Å². The van der Waals surface area contributed by atoms with Gasteiger partial charge in [-0.15, -0.1) is 0 Å². The number of likely N-dealkylation sites (tertiary alicyclic amines) is 1. The Morgan fingerprint density at radius 2 is 1.90 bits per heavy atom. The largest absolute Gasteiger partial charge is 0.350 e. The van der Waals surface area contributed by atoms with Gasteiger partial charge in [0, 0.05) is 11.6 Å². The Bertz CT molecular complexity index is 302. The maximum Gasteiger partial charge on any atom is 0.234 e. The van der Waals surface area contributed by atoms with Crippen molar-refractivity contribution in [3.8, 4) is 0 Å². The molecule has 0 aromatic heterocycles. The molecule has 21 heavy (non-hydrogen) atoms. The molecule has 1 fully saturated rings. The third kappa shape index (κ3) is 7.85. The van der Waals surface area contributed by atoms with Crippen molar-refractivity contribution in [3.63, 3.8) is 0 Å². The van der Waals surface area contributed by atoms with E-state index in [9.17, 15) is 4.79 Å². The van der Waals surface area contributed by atoms with Gasteiger partial charge in [-0.3, -0.25) is 9.69 Å². The molecule has 1 rings (SSSR count). The number of carbonyl (C=O) groups excluding carboxylic acids is 1. The smallest absolute Gasteiger partial charge is 0.234 e. The molecule has 0 saturated carbocycles. The first-order valence-corrected chi connectivity index (χ1v) is 8.99. The van der Waals surface area contributed by atoms with E-state index in [4.69, 9.17) is 0 Å². The highest BCUT2D eigenvalue weighted by Crippen LogP contribution is 2.17. The molecular formula is C18H36N2O. The zero-order valence-corrected chi connectivity index (χ0v) is 14.7. The lowest BCUT2D eigenvalue weighted by molar-refractivity contribution is -0.124. The zero-order chi connectivity index (χ0) is 15.7. The first kappa shape index (κ1) is 18.5. The average Bonchev–Trinajstić information content (AvgIpc) is 2.40. The van der Waals surface area contributed by atoms with Gasteiger partial charge in [0.05, 0.1) is 6.54 Å². The van der Waals surface area contributed by atoms with Gasteiger partial charge in [-0.1, -0.05) is 45.4 Å². The van der Waals surface area contributed by atoms with Crippen LogP contribution in [0, 0.1) is 0 Å². The van der Waals surface area contributed by atoms with Crippen LogP contribution in [0.3, 0.4) is 0 Å². The van der Waals surface area contributed by atoms with Crippen LogP contribution >= 0.6 is 0 Å². The molecule has 0 aromatic rings. The predicted molar refractivity (Wildman–Crippen MR) is 90.5 cm³/mol. The molecule has 0 bridgehead atoms. The SMILES string of the molecule is CCCCCCCC(C)(C)NC(=O)CN1CCCCC1C. The van der Waals surface area contributed by atoms with Crippen LogP contribution in [0.2, 0.25) is 0 Å². The maximum atomic E-state index is 12.3. The molecule has 0 aromatic carbocycles. The third-order valence-electron chi connectivity index (χ3n) is 4.67. The van der Waals surface area contributed by atoms with Gasteiger partial charge in [0.1, 0.15) is 0 Å². The molecule has 0 aliphatic carbocycles. The fraction of sp³-hybridized carbons (Fsp3) is 0.944. The number of hydrogen-bond acceptors (Lipinski definition) is 2. The minimum atomic E-state index is -0.0671. The summed E-state index contributed by atoms with van der Waals surface area (Å²) in [5, 5.41) is 3.23. The number of rotatable bonds is 9. The van der Waals surface area contributed by atoms with Crippen LogP contribution in [0.4, 0.5) is 0 Å². The van der Waals surface area contributed by atoms with Gasteiger partial charge in [-0.05, 0) is 46.6 Å². The van der Waals surface area contributed by atoms with E-state index in [1.165, 1.54) is 51.4 Å². The molecule has 1 aliphatic rings. The van der Waals surface area contributed by atoms with E-state index in [1.807, 2.05) is 0 Å². The van der Waals surface area contributed by atoms with Crippen LogP contribution in [0.15, 0.2) is 0 Å². The molecule has 3 nitrogen and oxygen atoms in total. The second-order valence-corrected chi connectivity index (χ2v) is 7.41. The summed E-state index contributed by atoms with van der Waals surface area (Å²) in [6, 6.07) is 0.557. The van der Waals surface area contributed by atoms with Crippen molar-refractivity contribution < 1.29 is 4.79 Å². The maximum absolute atomic E-state index is 12.3. The Balaban J connectivity index is 2.24. The molecule has 1 unspecified atom stereocenters. The van der Waals surface area contributed by atoms with E-state index >= 15 is 0 Å². The van der Waals surface area contributed by atoms with Gasteiger partial charge in [-0.2, -0.15) is 0 Å². The number of unbranched alkanes of at least 4 members (excludes halogenated alkanes) is 4. The molecule has 1 aliphatic heterocycles. The summed E-state index contributed by atoms with van der Waals surface area (Å²) < 4.78 is 0. The summed E-state index contributed by atoms with van der Waals surface area (Å²) in [5.74, 6) is 0.197. The van der Waals surface area contributed by atoms with Gasteiger partial charge < -0.3 is 5.32 Å². The number of piperidine rings is 1. The molecule has 1 N–H and O–H groups in total. The Hall–Kier alpha value is -0.570. The second-order valence-electron chi connectivity index (χ2n) is 7.41. The lowest BCUT2D eigenvalue weighted by Gasteiger charge is -2.34. The van der Waals surface area contributed by atoms with E-state index < -0.39 is 0 Å². The zero-order valence-electron chi connectivity index (χ0n) is 14.7. The van der Waals surface area contributed by atoms with Crippen LogP contribution in [0.25, 0.3) is 0 Å². The fourth-order valence-electron chi connectivity index (χ4n) is 3.23. The summed E-state index contributed by atoms with van der Waals surface area (Å²) in [4.78, 5) is 14.6. The van der Waals surface area contributed by atoms with E-state index in [0.29, 0.717) is 12.6 Å². The standard InChI is InChI=1S/C18H36N2O/c1-5-6-7-8-10-13-18(3,4)19-17(21)15-20-14-11-9-12-16(20)2/h16H,5-15H2,1-4H3,(H,19,21). The minimum Gasteiger partial charge on any atom is -0.350 e. The van der Waals surface area contributed by atoms with Crippen molar-refractivity contribution in [2.75, 3.05) is 13.1 Å². The van der Waals surface area contributed by atoms with E-state index in [1.54, 1.807) is 0 Å². The highest BCUT2D eigenvalue weighted by Gasteiger charge is 2.24. The number of nitrogens with zero attached hydrogens (tertiary/aromatic N) is 1. The van der Waals surface area contributed by atoms with E-state index in [2.05, 4.69) is 37.9 Å². The van der Waals surface area contributed by atoms with Crippen LogP contribution in [-0.2, 0) is 4.79 Å². The van der Waals surface area contributed by atoms with Crippen molar-refractivity contribution in [1.29, 1.82) is 0 Å². The highest BCUT2D eigenvalue weighted by molar-refractivity contribution is 5.78. The first-order chi connectivity index (χ1) is 9.94. The Kier molecular flexibility index (Phi) is 8.31. The van der Waals surface area contributed by atoms with Crippen LogP contribution < -0.4 is 5.32 Å². The lowest BCUT2D eigenvalue weighted by atomic mass is 9.96. The number of hydrogen-bond donors (Lipinski definition) is 1. The predicted octanol–water partition coefficient (Wildman–Crippen LogP) is 4.12. The summed E-state index contributed by atoms with van der Waals surface area (Å²) in [6.45, 7) is 10.4. The molecule has 0 spiro atoms. The summed E-state index contributed by atoms with van der Waals surface area (Å²) >= 11 is 0. The lowest BCUT2D eigenvalue weighted by Crippen LogP contribution is -2.50. The summed E-state index contributed by atoms with van der Waals surface area (Å²) in [7, 11) is 0. The quantitative estimate of drug-likeness (QED) is 0.649. The second kappa shape index (κ2) is 9.45.